The van der Waals surface area contributed by atoms with Crippen molar-refractivity contribution in [2.45, 2.75) is 18.9 Å². The average molecular weight is 336 g/mol. The van der Waals surface area contributed by atoms with Crippen LogP contribution in [-0.2, 0) is 4.79 Å². The average Bonchev–Trinajstić information content (AvgIpc) is 2.55. The molecule has 0 saturated carbocycles. The van der Waals surface area contributed by atoms with Crippen LogP contribution in [0.4, 0.5) is 14.9 Å². The summed E-state index contributed by atoms with van der Waals surface area (Å²) in [4.78, 5) is 29.6. The molecule has 2 rings (SSSR count). The van der Waals surface area contributed by atoms with Crippen LogP contribution in [0, 0.1) is 5.82 Å². The molecule has 0 bridgehead atoms. The van der Waals surface area contributed by atoms with Gasteiger partial charge in [0.2, 0.25) is 5.91 Å². The van der Waals surface area contributed by atoms with Gasteiger partial charge in [-0.15, -0.1) is 0 Å². The van der Waals surface area contributed by atoms with Gasteiger partial charge in [0.15, 0.2) is 0 Å². The van der Waals surface area contributed by atoms with Gasteiger partial charge in [0.05, 0.1) is 6.54 Å². The molecule has 1 heterocycles. The summed E-state index contributed by atoms with van der Waals surface area (Å²) in [6.07, 6.45) is 1.88. The Kier molecular flexibility index (Phi) is 6.14. The lowest BCUT2D eigenvalue weighted by atomic mass is 10.0. The maximum atomic E-state index is 12.9. The molecule has 6 nitrogen and oxygen atoms in total. The number of benzene rings is 1. The Hall–Kier alpha value is -2.15. The van der Waals surface area contributed by atoms with Crippen LogP contribution in [0.15, 0.2) is 24.3 Å². The van der Waals surface area contributed by atoms with E-state index in [1.807, 2.05) is 4.90 Å². The number of carbonyl (C=O) groups excluding carboxylic acids is 2. The summed E-state index contributed by atoms with van der Waals surface area (Å²) in [5.41, 5.74) is 0.579. The van der Waals surface area contributed by atoms with Crippen molar-refractivity contribution in [3.05, 3.63) is 30.1 Å². The third-order valence-electron chi connectivity index (χ3n) is 4.21. The number of amides is 3. The van der Waals surface area contributed by atoms with E-state index in [0.29, 0.717) is 12.2 Å². The fourth-order valence-corrected chi connectivity index (χ4v) is 2.90. The Morgan fingerprint density at radius 3 is 2.54 bits per heavy atom. The highest BCUT2D eigenvalue weighted by Crippen LogP contribution is 2.16. The van der Waals surface area contributed by atoms with E-state index < -0.39 is 0 Å². The summed E-state index contributed by atoms with van der Waals surface area (Å²) in [5, 5.41) is 2.77. The molecule has 3 amide bonds. The molecule has 0 aliphatic carbocycles. The summed E-state index contributed by atoms with van der Waals surface area (Å²) in [5.74, 6) is -0.468. The highest BCUT2D eigenvalue weighted by Gasteiger charge is 2.27. The van der Waals surface area contributed by atoms with Crippen molar-refractivity contribution in [2.24, 2.45) is 0 Å². The van der Waals surface area contributed by atoms with Gasteiger partial charge in [0.25, 0.3) is 0 Å². The predicted molar refractivity (Wildman–Crippen MR) is 91.3 cm³/mol. The third kappa shape index (κ3) is 4.92. The molecule has 0 aromatic heterocycles. The van der Waals surface area contributed by atoms with E-state index in [0.717, 1.165) is 19.4 Å². The number of nitrogens with one attached hydrogen (secondary N) is 1. The van der Waals surface area contributed by atoms with Gasteiger partial charge in [0, 0.05) is 39.4 Å². The summed E-state index contributed by atoms with van der Waals surface area (Å²) >= 11 is 0. The highest BCUT2D eigenvalue weighted by atomic mass is 19.1. The van der Waals surface area contributed by atoms with Crippen molar-refractivity contribution in [1.29, 1.82) is 0 Å². The number of likely N-dealkylation sites (N-methyl/N-ethyl adjacent to an activating group) is 1. The molecule has 1 aliphatic heterocycles. The molecule has 1 aromatic rings. The fraction of sp³-hybridized carbons (Fsp3) is 0.529. The van der Waals surface area contributed by atoms with Crippen LogP contribution in [0.25, 0.3) is 0 Å². The van der Waals surface area contributed by atoms with Crippen LogP contribution in [0.1, 0.15) is 12.8 Å². The minimum absolute atomic E-state index is 0.0300. The Bertz CT molecular complexity index is 576. The number of rotatable bonds is 4. The quantitative estimate of drug-likeness (QED) is 0.913. The third-order valence-corrected chi connectivity index (χ3v) is 4.21. The molecule has 1 unspecified atom stereocenters. The van der Waals surface area contributed by atoms with Gasteiger partial charge in [-0.2, -0.15) is 0 Å². The van der Waals surface area contributed by atoms with Crippen molar-refractivity contribution in [3.63, 3.8) is 0 Å². The second kappa shape index (κ2) is 8.10. The number of anilines is 1. The number of carbonyl (C=O) groups is 2. The smallest absolute Gasteiger partial charge is 0.319 e. The van der Waals surface area contributed by atoms with E-state index in [-0.39, 0.29) is 30.3 Å². The van der Waals surface area contributed by atoms with Crippen LogP contribution >= 0.6 is 0 Å². The minimum atomic E-state index is -0.333. The number of piperidine rings is 1. The molecule has 1 aliphatic rings. The summed E-state index contributed by atoms with van der Waals surface area (Å²) in [6.45, 7) is 1.77. The molecule has 1 N–H and O–H groups in total. The van der Waals surface area contributed by atoms with Crippen molar-refractivity contribution in [3.8, 4) is 0 Å². The van der Waals surface area contributed by atoms with E-state index in [4.69, 9.17) is 0 Å². The monoisotopic (exact) mass is 336 g/mol. The van der Waals surface area contributed by atoms with Crippen LogP contribution in [-0.4, -0.2) is 73.5 Å². The first-order valence-electron chi connectivity index (χ1n) is 8.08. The first kappa shape index (κ1) is 18.2. The SMILES string of the molecule is CN(C)C(=O)N(C)C1CCCN(CC(=O)Nc2ccc(F)cc2)C1. The number of likely N-dealkylation sites (tertiary alicyclic amines) is 1. The second-order valence-electron chi connectivity index (χ2n) is 6.37. The zero-order valence-electron chi connectivity index (χ0n) is 14.5. The molecular formula is C17H25FN4O2. The molecule has 1 saturated heterocycles. The van der Waals surface area contributed by atoms with E-state index in [9.17, 15) is 14.0 Å². The van der Waals surface area contributed by atoms with Gasteiger partial charge in [-0.05, 0) is 43.7 Å². The Labute approximate surface area is 142 Å². The minimum Gasteiger partial charge on any atom is -0.331 e. The van der Waals surface area contributed by atoms with E-state index in [1.165, 1.54) is 24.3 Å². The molecule has 1 aromatic carbocycles. The van der Waals surface area contributed by atoms with Crippen LogP contribution in [0.5, 0.6) is 0 Å². The first-order valence-corrected chi connectivity index (χ1v) is 8.08. The normalized spacial score (nSPS) is 18.1. The highest BCUT2D eigenvalue weighted by molar-refractivity contribution is 5.92. The lowest BCUT2D eigenvalue weighted by Gasteiger charge is -2.38. The van der Waals surface area contributed by atoms with Gasteiger partial charge >= 0.3 is 6.03 Å². The molecule has 1 fully saturated rings. The van der Waals surface area contributed by atoms with E-state index in [2.05, 4.69) is 5.32 Å². The van der Waals surface area contributed by atoms with Crippen LogP contribution in [0.3, 0.4) is 0 Å². The summed E-state index contributed by atoms with van der Waals surface area (Å²) in [6, 6.07) is 5.78. The molecular weight excluding hydrogens is 311 g/mol. The summed E-state index contributed by atoms with van der Waals surface area (Å²) in [7, 11) is 5.26. The van der Waals surface area contributed by atoms with Crippen molar-refractivity contribution < 1.29 is 14.0 Å². The van der Waals surface area contributed by atoms with E-state index in [1.54, 1.807) is 30.9 Å². The second-order valence-corrected chi connectivity index (χ2v) is 6.37. The van der Waals surface area contributed by atoms with E-state index >= 15 is 0 Å². The van der Waals surface area contributed by atoms with Crippen molar-refractivity contribution in [2.75, 3.05) is 46.1 Å². The number of urea groups is 1. The predicted octanol–water partition coefficient (Wildman–Crippen LogP) is 1.84. The Morgan fingerprint density at radius 2 is 1.92 bits per heavy atom. The Balaban J connectivity index is 1.87. The first-order chi connectivity index (χ1) is 11.4. The van der Waals surface area contributed by atoms with Crippen LogP contribution in [0.2, 0.25) is 0 Å². The lowest BCUT2D eigenvalue weighted by Crippen LogP contribution is -2.52. The number of nitrogens with zero attached hydrogens (tertiary/aromatic N) is 3. The zero-order chi connectivity index (χ0) is 17.7. The molecule has 1 atom stereocenters. The Morgan fingerprint density at radius 1 is 1.25 bits per heavy atom. The fourth-order valence-electron chi connectivity index (χ4n) is 2.90. The van der Waals surface area contributed by atoms with Gasteiger partial charge in [-0.1, -0.05) is 0 Å². The van der Waals surface area contributed by atoms with Crippen molar-refractivity contribution in [1.82, 2.24) is 14.7 Å². The topological polar surface area (TPSA) is 55.9 Å². The van der Waals surface area contributed by atoms with Crippen molar-refractivity contribution >= 4 is 17.6 Å². The van der Waals surface area contributed by atoms with Gasteiger partial charge in [0.1, 0.15) is 5.82 Å². The number of halogens is 1. The standard InChI is InChI=1S/C17H25FN4O2/c1-20(2)17(24)21(3)15-5-4-10-22(11-15)12-16(23)19-14-8-6-13(18)7-9-14/h6-9,15H,4-5,10-12H2,1-3H3,(H,19,23). The molecule has 7 heteroatoms. The molecule has 0 radical (unpaired) electrons. The number of hydrogen-bond acceptors (Lipinski definition) is 3. The van der Waals surface area contributed by atoms with Gasteiger partial charge < -0.3 is 15.1 Å². The summed E-state index contributed by atoms with van der Waals surface area (Å²) < 4.78 is 12.9. The largest absolute Gasteiger partial charge is 0.331 e. The molecule has 0 spiro atoms. The molecule has 24 heavy (non-hydrogen) atoms. The lowest BCUT2D eigenvalue weighted by molar-refractivity contribution is -0.117. The van der Waals surface area contributed by atoms with Crippen LogP contribution < -0.4 is 5.32 Å². The maximum Gasteiger partial charge on any atom is 0.319 e. The van der Waals surface area contributed by atoms with Gasteiger partial charge in [-0.3, -0.25) is 9.69 Å². The maximum absolute atomic E-state index is 12.9. The number of hydrogen-bond donors (Lipinski definition) is 1. The molecule has 132 valence electrons. The zero-order valence-corrected chi connectivity index (χ0v) is 14.5. The van der Waals surface area contributed by atoms with Gasteiger partial charge in [-0.25, -0.2) is 9.18 Å².